The molecule has 140 valence electrons. The molecule has 0 radical (unpaired) electrons. The lowest BCUT2D eigenvalue weighted by Crippen LogP contribution is -2.27. The Morgan fingerprint density at radius 2 is 1.85 bits per heavy atom. The van der Waals surface area contributed by atoms with Gasteiger partial charge in [-0.05, 0) is 24.3 Å². The molecule has 0 unspecified atom stereocenters. The molecule has 2 aromatic carbocycles. The first-order chi connectivity index (χ1) is 12.9. The van der Waals surface area contributed by atoms with Gasteiger partial charge in [-0.3, -0.25) is 14.4 Å². The molecule has 0 spiro atoms. The van der Waals surface area contributed by atoms with Gasteiger partial charge in [-0.25, -0.2) is 0 Å². The number of carbonyl (C=O) groups is 3. The Morgan fingerprint density at radius 1 is 1.15 bits per heavy atom. The van der Waals surface area contributed by atoms with Crippen molar-refractivity contribution < 1.29 is 19.1 Å². The second kappa shape index (κ2) is 8.42. The van der Waals surface area contributed by atoms with Gasteiger partial charge >= 0.3 is 5.97 Å². The highest BCUT2D eigenvalue weighted by Gasteiger charge is 2.37. The number of carbonyl (C=O) groups excluding carboxylic acids is 3. The molecular formula is C19H14BrCl2NO4. The summed E-state index contributed by atoms with van der Waals surface area (Å²) in [7, 11) is 0. The summed E-state index contributed by atoms with van der Waals surface area (Å²) in [4.78, 5) is 38.1. The number of Topliss-reactive ketones (excluding diaryl/α,β-unsaturated/α-hetero) is 1. The lowest BCUT2D eigenvalue weighted by Gasteiger charge is -2.18. The van der Waals surface area contributed by atoms with Crippen LogP contribution in [0.2, 0.25) is 10.0 Å². The van der Waals surface area contributed by atoms with E-state index in [0.717, 1.165) is 4.47 Å². The second-order valence-corrected chi connectivity index (χ2v) is 7.72. The van der Waals surface area contributed by atoms with Gasteiger partial charge in [0.2, 0.25) is 5.91 Å². The molecule has 0 N–H and O–H groups in total. The number of ether oxygens (including phenoxy) is 1. The SMILES string of the molecule is O=C(COC(=O)[C@H]1CC(=O)N(c2cccc(Cl)c2Cl)C1)c1ccc(Br)cc1. The van der Waals surface area contributed by atoms with Gasteiger partial charge in [0.25, 0.3) is 0 Å². The van der Waals surface area contributed by atoms with Crippen molar-refractivity contribution >= 4 is 62.5 Å². The Balaban J connectivity index is 1.61. The normalized spacial score (nSPS) is 16.5. The van der Waals surface area contributed by atoms with Crippen molar-refractivity contribution in [1.29, 1.82) is 0 Å². The fraction of sp³-hybridized carbons (Fsp3) is 0.211. The van der Waals surface area contributed by atoms with Crippen LogP contribution >= 0.6 is 39.1 Å². The minimum Gasteiger partial charge on any atom is -0.457 e. The molecule has 0 saturated carbocycles. The van der Waals surface area contributed by atoms with Crippen molar-refractivity contribution in [2.24, 2.45) is 5.92 Å². The summed E-state index contributed by atoms with van der Waals surface area (Å²) in [6.45, 7) is -0.243. The number of rotatable bonds is 5. The van der Waals surface area contributed by atoms with Gasteiger partial charge in [0, 0.05) is 23.0 Å². The van der Waals surface area contributed by atoms with Crippen molar-refractivity contribution in [3.05, 3.63) is 62.5 Å². The zero-order chi connectivity index (χ0) is 19.6. The Kier molecular flexibility index (Phi) is 6.19. The van der Waals surface area contributed by atoms with Crippen LogP contribution in [0.3, 0.4) is 0 Å². The number of anilines is 1. The van der Waals surface area contributed by atoms with E-state index in [0.29, 0.717) is 16.3 Å². The van der Waals surface area contributed by atoms with Crippen LogP contribution < -0.4 is 4.90 Å². The van der Waals surface area contributed by atoms with E-state index >= 15 is 0 Å². The molecule has 1 aliphatic rings. The molecule has 1 fully saturated rings. The number of benzene rings is 2. The van der Waals surface area contributed by atoms with Crippen LogP contribution in [-0.4, -0.2) is 30.8 Å². The number of amides is 1. The predicted molar refractivity (Wildman–Crippen MR) is 106 cm³/mol. The molecule has 1 atom stereocenters. The summed E-state index contributed by atoms with van der Waals surface area (Å²) in [6, 6.07) is 11.7. The zero-order valence-corrected chi connectivity index (χ0v) is 17.1. The molecule has 1 aliphatic heterocycles. The van der Waals surface area contributed by atoms with Crippen molar-refractivity contribution in [1.82, 2.24) is 0 Å². The standard InChI is InChI=1S/C19H14BrCl2NO4/c20-13-6-4-11(5-7-13)16(24)10-27-19(26)12-8-17(25)23(9-12)15-3-1-2-14(21)18(15)22/h1-7,12H,8-10H2/t12-/m0/s1. The van der Waals surface area contributed by atoms with E-state index in [2.05, 4.69) is 15.9 Å². The Labute approximate surface area is 174 Å². The number of nitrogens with zero attached hydrogens (tertiary/aromatic N) is 1. The van der Waals surface area contributed by atoms with Crippen LogP contribution in [0.4, 0.5) is 5.69 Å². The molecule has 27 heavy (non-hydrogen) atoms. The molecule has 1 amide bonds. The molecule has 0 aromatic heterocycles. The van der Waals surface area contributed by atoms with E-state index in [9.17, 15) is 14.4 Å². The van der Waals surface area contributed by atoms with Crippen molar-refractivity contribution in [3.63, 3.8) is 0 Å². The molecule has 1 saturated heterocycles. The van der Waals surface area contributed by atoms with Gasteiger partial charge in [0.05, 0.1) is 21.7 Å². The first-order valence-corrected chi connectivity index (χ1v) is 9.61. The molecule has 0 bridgehead atoms. The number of esters is 1. The predicted octanol–water partition coefficient (Wildman–Crippen LogP) is 4.53. The molecule has 1 heterocycles. The average Bonchev–Trinajstić information content (AvgIpc) is 3.04. The van der Waals surface area contributed by atoms with E-state index in [4.69, 9.17) is 27.9 Å². The summed E-state index contributed by atoms with van der Waals surface area (Å²) >= 11 is 15.4. The minimum absolute atomic E-state index is 0.00580. The number of hydrogen-bond acceptors (Lipinski definition) is 4. The summed E-state index contributed by atoms with van der Waals surface area (Å²) in [5.74, 6) is -1.81. The topological polar surface area (TPSA) is 63.7 Å². The van der Waals surface area contributed by atoms with Crippen LogP contribution in [0.5, 0.6) is 0 Å². The first-order valence-electron chi connectivity index (χ1n) is 8.06. The summed E-state index contributed by atoms with van der Waals surface area (Å²) in [6.07, 6.45) is -0.00580. The highest BCUT2D eigenvalue weighted by atomic mass is 79.9. The number of hydrogen-bond donors (Lipinski definition) is 0. The lowest BCUT2D eigenvalue weighted by molar-refractivity contribution is -0.147. The third-order valence-corrected chi connectivity index (χ3v) is 5.53. The quantitative estimate of drug-likeness (QED) is 0.475. The van der Waals surface area contributed by atoms with Crippen molar-refractivity contribution in [2.45, 2.75) is 6.42 Å². The maximum Gasteiger partial charge on any atom is 0.311 e. The smallest absolute Gasteiger partial charge is 0.311 e. The van der Waals surface area contributed by atoms with Gasteiger partial charge in [-0.1, -0.05) is 57.3 Å². The molecular weight excluding hydrogens is 457 g/mol. The van der Waals surface area contributed by atoms with Gasteiger partial charge in [0.1, 0.15) is 0 Å². The highest BCUT2D eigenvalue weighted by molar-refractivity contribution is 9.10. The zero-order valence-electron chi connectivity index (χ0n) is 14.0. The van der Waals surface area contributed by atoms with E-state index in [1.807, 2.05) is 0 Å². The fourth-order valence-electron chi connectivity index (χ4n) is 2.77. The van der Waals surface area contributed by atoms with E-state index in [1.165, 1.54) is 4.90 Å². The maximum absolute atomic E-state index is 12.3. The van der Waals surface area contributed by atoms with E-state index < -0.39 is 11.9 Å². The molecule has 2 aromatic rings. The minimum atomic E-state index is -0.662. The van der Waals surface area contributed by atoms with Crippen LogP contribution in [0.15, 0.2) is 46.9 Å². The molecule has 8 heteroatoms. The van der Waals surface area contributed by atoms with Gasteiger partial charge in [-0.2, -0.15) is 0 Å². The summed E-state index contributed by atoms with van der Waals surface area (Å²) in [5.41, 5.74) is 0.899. The maximum atomic E-state index is 12.3. The average molecular weight is 471 g/mol. The van der Waals surface area contributed by atoms with Gasteiger partial charge < -0.3 is 9.64 Å². The summed E-state index contributed by atoms with van der Waals surface area (Å²) in [5, 5.41) is 0.583. The Morgan fingerprint density at radius 3 is 2.56 bits per heavy atom. The first kappa shape index (κ1) is 19.9. The van der Waals surface area contributed by atoms with Crippen LogP contribution in [0.25, 0.3) is 0 Å². The highest BCUT2D eigenvalue weighted by Crippen LogP contribution is 2.35. The molecule has 5 nitrogen and oxygen atoms in total. The molecule has 3 rings (SSSR count). The fourth-order valence-corrected chi connectivity index (χ4v) is 3.43. The van der Waals surface area contributed by atoms with Gasteiger partial charge in [0.15, 0.2) is 12.4 Å². The van der Waals surface area contributed by atoms with Gasteiger partial charge in [-0.15, -0.1) is 0 Å². The van der Waals surface area contributed by atoms with Crippen LogP contribution in [-0.2, 0) is 14.3 Å². The van der Waals surface area contributed by atoms with Crippen molar-refractivity contribution in [3.8, 4) is 0 Å². The number of halogens is 3. The lowest BCUT2D eigenvalue weighted by atomic mass is 10.1. The van der Waals surface area contributed by atoms with Crippen LogP contribution in [0.1, 0.15) is 16.8 Å². The summed E-state index contributed by atoms with van der Waals surface area (Å²) < 4.78 is 5.97. The monoisotopic (exact) mass is 469 g/mol. The number of ketones is 1. The van der Waals surface area contributed by atoms with Crippen molar-refractivity contribution in [2.75, 3.05) is 18.1 Å². The molecule has 0 aliphatic carbocycles. The van der Waals surface area contributed by atoms with Crippen LogP contribution in [0, 0.1) is 5.92 Å². The van der Waals surface area contributed by atoms with E-state index in [1.54, 1.807) is 42.5 Å². The largest absolute Gasteiger partial charge is 0.457 e. The second-order valence-electron chi connectivity index (χ2n) is 6.02. The third-order valence-electron chi connectivity index (χ3n) is 4.19. The van der Waals surface area contributed by atoms with E-state index in [-0.39, 0.29) is 36.3 Å². The Hall–Kier alpha value is -1.89. The Bertz CT molecular complexity index is 901. The third kappa shape index (κ3) is 4.51.